The second-order valence-corrected chi connectivity index (χ2v) is 5.81. The lowest BCUT2D eigenvalue weighted by Crippen LogP contribution is -2.28. The first kappa shape index (κ1) is 13.1. The molecule has 0 amide bonds. The first-order chi connectivity index (χ1) is 8.18. The first-order valence-corrected chi connectivity index (χ1v) is 7.28. The minimum Gasteiger partial charge on any atom is -0.366 e. The van der Waals surface area contributed by atoms with Gasteiger partial charge < -0.3 is 5.32 Å². The Hall–Kier alpha value is -0.350. The van der Waals surface area contributed by atoms with Crippen LogP contribution >= 0.6 is 27.5 Å². The molecule has 1 aromatic heterocycles. The average molecular weight is 319 g/mol. The van der Waals surface area contributed by atoms with Crippen molar-refractivity contribution in [3.8, 4) is 0 Å². The molecule has 1 heterocycles. The molecule has 94 valence electrons. The van der Waals surface area contributed by atoms with Crippen LogP contribution in [0.1, 0.15) is 39.0 Å². The molecule has 1 N–H and O–H groups in total. The zero-order valence-corrected chi connectivity index (χ0v) is 12.3. The van der Waals surface area contributed by atoms with E-state index < -0.39 is 0 Å². The second kappa shape index (κ2) is 6.01. The fourth-order valence-corrected chi connectivity index (χ4v) is 2.87. The van der Waals surface area contributed by atoms with Crippen LogP contribution in [0.5, 0.6) is 0 Å². The van der Waals surface area contributed by atoms with E-state index in [1.54, 1.807) is 0 Å². The number of aromatic nitrogens is 2. The molecule has 1 saturated carbocycles. The normalized spacial score (nSPS) is 19.0. The SMILES string of the molecule is CC(Nc1ncnc(Cl)c1Br)C1CCCCC1. The van der Waals surface area contributed by atoms with Gasteiger partial charge in [-0.2, -0.15) is 0 Å². The Bertz CT molecular complexity index is 380. The molecule has 2 rings (SSSR count). The first-order valence-electron chi connectivity index (χ1n) is 6.11. The monoisotopic (exact) mass is 317 g/mol. The Morgan fingerprint density at radius 3 is 2.76 bits per heavy atom. The highest BCUT2D eigenvalue weighted by Gasteiger charge is 2.21. The summed E-state index contributed by atoms with van der Waals surface area (Å²) in [6.45, 7) is 2.22. The van der Waals surface area contributed by atoms with Crippen LogP contribution in [0.4, 0.5) is 5.82 Å². The summed E-state index contributed by atoms with van der Waals surface area (Å²) in [6, 6.07) is 0.428. The Kier molecular flexibility index (Phi) is 4.62. The van der Waals surface area contributed by atoms with Gasteiger partial charge in [-0.1, -0.05) is 30.9 Å². The molecule has 1 aliphatic carbocycles. The molecule has 0 radical (unpaired) electrons. The topological polar surface area (TPSA) is 37.8 Å². The lowest BCUT2D eigenvalue weighted by molar-refractivity contribution is 0.328. The zero-order valence-electron chi connectivity index (χ0n) is 9.92. The van der Waals surface area contributed by atoms with Crippen LogP contribution in [0.15, 0.2) is 10.8 Å². The van der Waals surface area contributed by atoms with Gasteiger partial charge in [0, 0.05) is 6.04 Å². The molecule has 17 heavy (non-hydrogen) atoms. The van der Waals surface area contributed by atoms with E-state index in [2.05, 4.69) is 38.1 Å². The summed E-state index contributed by atoms with van der Waals surface area (Å²) in [4.78, 5) is 8.15. The van der Waals surface area contributed by atoms with Gasteiger partial charge in [0.2, 0.25) is 0 Å². The summed E-state index contributed by atoms with van der Waals surface area (Å²) < 4.78 is 0.754. The third kappa shape index (κ3) is 3.32. The van der Waals surface area contributed by atoms with Crippen LogP contribution in [0.3, 0.4) is 0 Å². The molecule has 0 aromatic carbocycles. The number of nitrogens with zero attached hydrogens (tertiary/aromatic N) is 2. The number of halogens is 2. The van der Waals surface area contributed by atoms with Crippen molar-refractivity contribution in [2.45, 2.75) is 45.1 Å². The number of hydrogen-bond donors (Lipinski definition) is 1. The van der Waals surface area contributed by atoms with Crippen LogP contribution in [0.2, 0.25) is 5.15 Å². The molecule has 1 aliphatic rings. The zero-order chi connectivity index (χ0) is 12.3. The van der Waals surface area contributed by atoms with Gasteiger partial charge in [-0.25, -0.2) is 9.97 Å². The molecular formula is C12H17BrClN3. The van der Waals surface area contributed by atoms with Gasteiger partial charge >= 0.3 is 0 Å². The van der Waals surface area contributed by atoms with E-state index in [9.17, 15) is 0 Å². The molecule has 1 atom stereocenters. The maximum absolute atomic E-state index is 5.95. The smallest absolute Gasteiger partial charge is 0.148 e. The van der Waals surface area contributed by atoms with E-state index >= 15 is 0 Å². The highest BCUT2D eigenvalue weighted by molar-refractivity contribution is 9.10. The average Bonchev–Trinajstić information content (AvgIpc) is 2.36. The highest BCUT2D eigenvalue weighted by Crippen LogP contribution is 2.31. The van der Waals surface area contributed by atoms with Crippen molar-refractivity contribution in [3.05, 3.63) is 16.0 Å². The van der Waals surface area contributed by atoms with Crippen LogP contribution in [0, 0.1) is 5.92 Å². The number of anilines is 1. The summed E-state index contributed by atoms with van der Waals surface area (Å²) in [5, 5.41) is 3.90. The van der Waals surface area contributed by atoms with Crippen molar-refractivity contribution in [2.75, 3.05) is 5.32 Å². The van der Waals surface area contributed by atoms with Crippen molar-refractivity contribution >= 4 is 33.3 Å². The molecule has 1 fully saturated rings. The van der Waals surface area contributed by atoms with Gasteiger partial charge in [-0.05, 0) is 41.6 Å². The van der Waals surface area contributed by atoms with Crippen LogP contribution in [-0.2, 0) is 0 Å². The summed E-state index contributed by atoms with van der Waals surface area (Å²) in [6.07, 6.45) is 8.19. The van der Waals surface area contributed by atoms with Crippen LogP contribution in [-0.4, -0.2) is 16.0 Å². The molecule has 1 unspecified atom stereocenters. The second-order valence-electron chi connectivity index (χ2n) is 4.66. The van der Waals surface area contributed by atoms with Gasteiger partial charge in [-0.15, -0.1) is 0 Å². The number of hydrogen-bond acceptors (Lipinski definition) is 3. The maximum atomic E-state index is 5.95. The fraction of sp³-hybridized carbons (Fsp3) is 0.667. The summed E-state index contributed by atoms with van der Waals surface area (Å²) in [5.74, 6) is 1.53. The number of rotatable bonds is 3. The van der Waals surface area contributed by atoms with Crippen LogP contribution < -0.4 is 5.32 Å². The van der Waals surface area contributed by atoms with E-state index in [1.165, 1.54) is 38.4 Å². The standard InChI is InChI=1S/C12H17BrClN3/c1-8(9-5-3-2-4-6-9)17-12-10(13)11(14)15-7-16-12/h7-9H,2-6H2,1H3,(H,15,16,17). The Morgan fingerprint density at radius 1 is 1.35 bits per heavy atom. The summed E-state index contributed by atoms with van der Waals surface area (Å²) in [7, 11) is 0. The van der Waals surface area contributed by atoms with E-state index in [0.29, 0.717) is 11.2 Å². The lowest BCUT2D eigenvalue weighted by Gasteiger charge is -2.28. The fourth-order valence-electron chi connectivity index (χ4n) is 2.42. The summed E-state index contributed by atoms with van der Waals surface area (Å²) in [5.41, 5.74) is 0. The summed E-state index contributed by atoms with van der Waals surface area (Å²) >= 11 is 9.36. The van der Waals surface area contributed by atoms with Gasteiger partial charge in [0.15, 0.2) is 0 Å². The van der Waals surface area contributed by atoms with E-state index in [1.807, 2.05) is 0 Å². The van der Waals surface area contributed by atoms with Crippen molar-refractivity contribution in [3.63, 3.8) is 0 Å². The Balaban J connectivity index is 2.01. The van der Waals surface area contributed by atoms with E-state index in [-0.39, 0.29) is 0 Å². The maximum Gasteiger partial charge on any atom is 0.148 e. The van der Waals surface area contributed by atoms with E-state index in [0.717, 1.165) is 16.2 Å². The predicted octanol–water partition coefficient (Wildman–Crippen LogP) is 4.27. The third-order valence-electron chi connectivity index (χ3n) is 3.47. The quantitative estimate of drug-likeness (QED) is 0.846. The Labute approximate surface area is 116 Å². The van der Waals surface area contributed by atoms with Crippen molar-refractivity contribution in [2.24, 2.45) is 5.92 Å². The molecule has 1 aromatic rings. The molecule has 0 bridgehead atoms. The third-order valence-corrected chi connectivity index (χ3v) is 4.73. The van der Waals surface area contributed by atoms with Gasteiger partial charge in [0.05, 0.1) is 4.47 Å². The molecule has 3 nitrogen and oxygen atoms in total. The Morgan fingerprint density at radius 2 is 2.06 bits per heavy atom. The molecule has 0 spiro atoms. The number of nitrogens with one attached hydrogen (secondary N) is 1. The molecule has 5 heteroatoms. The highest BCUT2D eigenvalue weighted by atomic mass is 79.9. The largest absolute Gasteiger partial charge is 0.366 e. The van der Waals surface area contributed by atoms with Gasteiger partial charge in [0.1, 0.15) is 17.3 Å². The van der Waals surface area contributed by atoms with Crippen molar-refractivity contribution in [1.29, 1.82) is 0 Å². The molecule has 0 aliphatic heterocycles. The minimum atomic E-state index is 0.428. The van der Waals surface area contributed by atoms with Gasteiger partial charge in [0.25, 0.3) is 0 Å². The lowest BCUT2D eigenvalue weighted by atomic mass is 9.84. The van der Waals surface area contributed by atoms with Crippen molar-refractivity contribution in [1.82, 2.24) is 9.97 Å². The minimum absolute atomic E-state index is 0.428. The molecular weight excluding hydrogens is 302 g/mol. The van der Waals surface area contributed by atoms with Crippen molar-refractivity contribution < 1.29 is 0 Å². The molecule has 0 saturated heterocycles. The van der Waals surface area contributed by atoms with E-state index in [4.69, 9.17) is 11.6 Å². The predicted molar refractivity (Wildman–Crippen MR) is 74.4 cm³/mol. The van der Waals surface area contributed by atoms with Crippen LogP contribution in [0.25, 0.3) is 0 Å². The van der Waals surface area contributed by atoms with Gasteiger partial charge in [-0.3, -0.25) is 0 Å².